The van der Waals surface area contributed by atoms with Crippen LogP contribution in [0, 0.1) is 0 Å². The van der Waals surface area contributed by atoms with Crippen molar-refractivity contribution in [3.05, 3.63) is 95.8 Å². The molecule has 0 bridgehead atoms. The molecule has 0 radical (unpaired) electrons. The van der Waals surface area contributed by atoms with Crippen LogP contribution in [0.4, 0.5) is 5.69 Å². The molecule has 0 aliphatic carbocycles. The van der Waals surface area contributed by atoms with Crippen LogP contribution in [0.3, 0.4) is 0 Å². The van der Waals surface area contributed by atoms with E-state index in [4.69, 9.17) is 9.84 Å². The topological polar surface area (TPSA) is 117 Å². The highest BCUT2D eigenvalue weighted by atomic mass is 16.5. The van der Waals surface area contributed by atoms with Crippen molar-refractivity contribution in [1.82, 2.24) is 4.98 Å². The van der Waals surface area contributed by atoms with Crippen molar-refractivity contribution in [2.24, 2.45) is 0 Å². The first kappa shape index (κ1) is 20.8. The lowest BCUT2D eigenvalue weighted by atomic mass is 9.96. The van der Waals surface area contributed by atoms with Crippen molar-refractivity contribution in [2.75, 3.05) is 11.5 Å². The van der Waals surface area contributed by atoms with Gasteiger partial charge < -0.3 is 14.9 Å². The summed E-state index contributed by atoms with van der Waals surface area (Å²) in [6.07, 6.45) is 3.10. The first-order valence-electron chi connectivity index (χ1n) is 9.68. The lowest BCUT2D eigenvalue weighted by molar-refractivity contribution is -0.139. The largest absolute Gasteiger partial charge is 0.507 e. The molecule has 4 rings (SSSR count). The third kappa shape index (κ3) is 3.93. The number of ketones is 1. The third-order valence-electron chi connectivity index (χ3n) is 4.97. The maximum absolute atomic E-state index is 13.0. The van der Waals surface area contributed by atoms with E-state index in [9.17, 15) is 19.5 Å². The van der Waals surface area contributed by atoms with Crippen molar-refractivity contribution in [2.45, 2.75) is 6.04 Å². The Bertz CT molecular complexity index is 1190. The normalized spacial score (nSPS) is 17.4. The van der Waals surface area contributed by atoms with Gasteiger partial charge >= 0.3 is 5.97 Å². The number of aliphatic hydroxyl groups is 1. The number of carbonyl (C=O) groups is 3. The van der Waals surface area contributed by atoms with Crippen LogP contribution in [0.25, 0.3) is 5.76 Å². The van der Waals surface area contributed by atoms with Crippen LogP contribution in [0.1, 0.15) is 17.2 Å². The fourth-order valence-electron chi connectivity index (χ4n) is 3.55. The van der Waals surface area contributed by atoms with Crippen LogP contribution in [0.15, 0.2) is 84.7 Å². The highest BCUT2D eigenvalue weighted by molar-refractivity contribution is 6.51. The number of anilines is 1. The molecule has 8 nitrogen and oxygen atoms in total. The first-order chi connectivity index (χ1) is 15.5. The maximum Gasteiger partial charge on any atom is 0.341 e. The molecule has 1 amide bonds. The molecule has 8 heteroatoms. The minimum absolute atomic E-state index is 0.0413. The van der Waals surface area contributed by atoms with E-state index < -0.39 is 30.3 Å². The number of benzene rings is 2. The van der Waals surface area contributed by atoms with Crippen LogP contribution in [0.2, 0.25) is 0 Å². The second kappa shape index (κ2) is 8.73. The molecule has 160 valence electrons. The smallest absolute Gasteiger partial charge is 0.341 e. The molecule has 3 aromatic rings. The van der Waals surface area contributed by atoms with Gasteiger partial charge in [-0.2, -0.15) is 0 Å². The summed E-state index contributed by atoms with van der Waals surface area (Å²) in [4.78, 5) is 42.1. The molecule has 1 aliphatic rings. The van der Waals surface area contributed by atoms with Gasteiger partial charge in [0.05, 0.1) is 11.6 Å². The molecule has 1 aliphatic heterocycles. The molecule has 1 saturated heterocycles. The summed E-state index contributed by atoms with van der Waals surface area (Å²) in [6, 6.07) is 17.2. The Balaban J connectivity index is 1.80. The number of hydrogen-bond acceptors (Lipinski definition) is 6. The van der Waals surface area contributed by atoms with E-state index in [1.54, 1.807) is 60.8 Å². The van der Waals surface area contributed by atoms with Crippen molar-refractivity contribution in [3.63, 3.8) is 0 Å². The molecule has 1 atom stereocenters. The molecule has 1 aromatic heterocycles. The van der Waals surface area contributed by atoms with E-state index in [1.165, 1.54) is 23.2 Å². The number of aliphatic carboxylic acids is 1. The average molecular weight is 430 g/mol. The number of aromatic nitrogens is 1. The maximum atomic E-state index is 13.0. The minimum atomic E-state index is -1.11. The van der Waals surface area contributed by atoms with Gasteiger partial charge in [0.1, 0.15) is 11.5 Å². The molecule has 1 unspecified atom stereocenters. The van der Waals surface area contributed by atoms with Gasteiger partial charge in [0.15, 0.2) is 6.61 Å². The standard InChI is InChI=1S/C24H18N2O6/c27-19(28)14-32-18-10-8-17(9-11-18)26-21(16-7-4-12-25-13-16)20(23(30)24(26)31)22(29)15-5-2-1-3-6-15/h1-13,21,29H,14H2,(H,27,28). The summed E-state index contributed by atoms with van der Waals surface area (Å²) < 4.78 is 5.13. The fraction of sp³-hybridized carbons (Fsp3) is 0.0833. The summed E-state index contributed by atoms with van der Waals surface area (Å²) in [5.74, 6) is -2.70. The van der Waals surface area contributed by atoms with E-state index in [0.717, 1.165) is 0 Å². The SMILES string of the molecule is O=C(O)COc1ccc(N2C(=O)C(=O)C(=C(O)c3ccccc3)C2c2cccnc2)cc1. The van der Waals surface area contributed by atoms with E-state index in [2.05, 4.69) is 4.98 Å². The number of carbonyl (C=O) groups excluding carboxylic acids is 2. The Hall–Kier alpha value is -4.46. The van der Waals surface area contributed by atoms with E-state index >= 15 is 0 Å². The molecule has 0 saturated carbocycles. The third-order valence-corrected chi connectivity index (χ3v) is 4.97. The van der Waals surface area contributed by atoms with Gasteiger partial charge in [0.2, 0.25) is 0 Å². The molecular formula is C24H18N2O6. The molecule has 0 spiro atoms. The number of rotatable bonds is 6. The second-order valence-electron chi connectivity index (χ2n) is 7.00. The summed E-state index contributed by atoms with van der Waals surface area (Å²) in [5.41, 5.74) is 1.31. The zero-order chi connectivity index (χ0) is 22.7. The highest BCUT2D eigenvalue weighted by Gasteiger charge is 2.47. The van der Waals surface area contributed by atoms with Crippen molar-refractivity contribution >= 4 is 29.1 Å². The monoisotopic (exact) mass is 430 g/mol. The quantitative estimate of drug-likeness (QED) is 0.350. The van der Waals surface area contributed by atoms with Crippen LogP contribution >= 0.6 is 0 Å². The van der Waals surface area contributed by atoms with Gasteiger partial charge in [0, 0.05) is 23.6 Å². The summed E-state index contributed by atoms with van der Waals surface area (Å²) in [5, 5.41) is 19.7. The number of carboxylic acid groups (broad SMARTS) is 1. The van der Waals surface area contributed by atoms with Gasteiger partial charge in [-0.3, -0.25) is 19.5 Å². The van der Waals surface area contributed by atoms with Gasteiger partial charge in [-0.05, 0) is 35.9 Å². The molecule has 32 heavy (non-hydrogen) atoms. The Labute approximate surface area is 183 Å². The van der Waals surface area contributed by atoms with Gasteiger partial charge in [-0.1, -0.05) is 36.4 Å². The Morgan fingerprint density at radius 1 is 0.969 bits per heavy atom. The predicted octanol–water partition coefficient (Wildman–Crippen LogP) is 3.17. The molecule has 2 N–H and O–H groups in total. The Morgan fingerprint density at radius 2 is 1.69 bits per heavy atom. The lowest BCUT2D eigenvalue weighted by Crippen LogP contribution is -2.29. The molecule has 2 aromatic carbocycles. The number of ether oxygens (including phenoxy) is 1. The van der Waals surface area contributed by atoms with Crippen molar-refractivity contribution in [1.29, 1.82) is 0 Å². The van der Waals surface area contributed by atoms with Crippen LogP contribution in [-0.4, -0.2) is 39.5 Å². The molecule has 1 fully saturated rings. The molecule has 2 heterocycles. The van der Waals surface area contributed by atoms with E-state index in [0.29, 0.717) is 22.6 Å². The number of carboxylic acids is 1. The van der Waals surface area contributed by atoms with E-state index in [1.807, 2.05) is 0 Å². The lowest BCUT2D eigenvalue weighted by Gasteiger charge is -2.25. The second-order valence-corrected chi connectivity index (χ2v) is 7.00. The van der Waals surface area contributed by atoms with Gasteiger partial charge in [-0.15, -0.1) is 0 Å². The zero-order valence-electron chi connectivity index (χ0n) is 16.7. The van der Waals surface area contributed by atoms with Crippen molar-refractivity contribution < 1.29 is 29.3 Å². The van der Waals surface area contributed by atoms with Crippen LogP contribution in [-0.2, 0) is 14.4 Å². The number of pyridine rings is 1. The van der Waals surface area contributed by atoms with Crippen LogP contribution in [0.5, 0.6) is 5.75 Å². The van der Waals surface area contributed by atoms with Gasteiger partial charge in [0.25, 0.3) is 11.7 Å². The van der Waals surface area contributed by atoms with Crippen LogP contribution < -0.4 is 9.64 Å². The number of aliphatic hydroxyl groups excluding tert-OH is 1. The van der Waals surface area contributed by atoms with Gasteiger partial charge in [-0.25, -0.2) is 4.79 Å². The number of Topliss-reactive ketones (excluding diaryl/α,β-unsaturated/α-hetero) is 1. The number of amides is 1. The molecular weight excluding hydrogens is 412 g/mol. The summed E-state index contributed by atoms with van der Waals surface area (Å²) >= 11 is 0. The average Bonchev–Trinajstić information content (AvgIpc) is 3.09. The summed E-state index contributed by atoms with van der Waals surface area (Å²) in [6.45, 7) is -0.503. The van der Waals surface area contributed by atoms with E-state index in [-0.39, 0.29) is 11.3 Å². The van der Waals surface area contributed by atoms with Crippen molar-refractivity contribution in [3.8, 4) is 5.75 Å². The number of hydrogen-bond donors (Lipinski definition) is 2. The highest BCUT2D eigenvalue weighted by Crippen LogP contribution is 2.42. The number of nitrogens with zero attached hydrogens (tertiary/aromatic N) is 2. The summed E-state index contributed by atoms with van der Waals surface area (Å²) in [7, 11) is 0. The minimum Gasteiger partial charge on any atom is -0.507 e. The fourth-order valence-corrected chi connectivity index (χ4v) is 3.55. The first-order valence-corrected chi connectivity index (χ1v) is 9.68. The Morgan fingerprint density at radius 3 is 2.31 bits per heavy atom. The zero-order valence-corrected chi connectivity index (χ0v) is 16.7. The Kier molecular flexibility index (Phi) is 5.67. The predicted molar refractivity (Wildman–Crippen MR) is 115 cm³/mol.